The molecule has 110 valence electrons. The van der Waals surface area contributed by atoms with Gasteiger partial charge >= 0.3 is 0 Å². The predicted molar refractivity (Wildman–Crippen MR) is 79.0 cm³/mol. The molecule has 2 aliphatic rings. The Morgan fingerprint density at radius 3 is 2.68 bits per heavy atom. The van der Waals surface area contributed by atoms with Crippen molar-refractivity contribution in [1.29, 1.82) is 0 Å². The maximum Gasteiger partial charge on any atom is 0.239 e. The Kier molecular flexibility index (Phi) is 5.26. The van der Waals surface area contributed by atoms with Crippen molar-refractivity contribution in [2.75, 3.05) is 13.1 Å². The fraction of sp³-hybridized carbons (Fsp3) is 0.938. The van der Waals surface area contributed by atoms with Crippen molar-refractivity contribution in [3.8, 4) is 0 Å². The first kappa shape index (κ1) is 14.8. The average molecular weight is 266 g/mol. The molecule has 0 aromatic carbocycles. The number of carbonyl (C=O) groups is 1. The van der Waals surface area contributed by atoms with Gasteiger partial charge in [0, 0.05) is 12.6 Å². The molecule has 1 amide bonds. The van der Waals surface area contributed by atoms with Crippen LogP contribution >= 0.6 is 0 Å². The van der Waals surface area contributed by atoms with Crippen LogP contribution in [0.3, 0.4) is 0 Å². The summed E-state index contributed by atoms with van der Waals surface area (Å²) in [6.45, 7) is 8.79. The molecule has 2 rings (SSSR count). The van der Waals surface area contributed by atoms with Gasteiger partial charge in [-0.25, -0.2) is 0 Å². The van der Waals surface area contributed by atoms with Crippen molar-refractivity contribution in [3.63, 3.8) is 0 Å². The summed E-state index contributed by atoms with van der Waals surface area (Å²) in [6, 6.07) is 0.591. The predicted octanol–water partition coefficient (Wildman–Crippen LogP) is 2.80. The largest absolute Gasteiger partial charge is 0.338 e. The second kappa shape index (κ2) is 6.74. The van der Waals surface area contributed by atoms with Crippen LogP contribution in [-0.4, -0.2) is 36.0 Å². The lowest BCUT2D eigenvalue weighted by Gasteiger charge is -2.43. The Labute approximate surface area is 118 Å². The van der Waals surface area contributed by atoms with Crippen LogP contribution in [0.2, 0.25) is 0 Å². The Balaban J connectivity index is 1.93. The number of likely N-dealkylation sites (tertiary alicyclic amines) is 1. The number of piperidine rings is 1. The average Bonchev–Trinajstić information content (AvgIpc) is 2.41. The molecule has 1 saturated heterocycles. The first-order chi connectivity index (χ1) is 9.13. The van der Waals surface area contributed by atoms with E-state index in [0.717, 1.165) is 44.2 Å². The van der Waals surface area contributed by atoms with Crippen molar-refractivity contribution in [2.24, 2.45) is 11.8 Å². The number of hydrogen-bond donors (Lipinski definition) is 1. The van der Waals surface area contributed by atoms with E-state index in [2.05, 4.69) is 31.0 Å². The summed E-state index contributed by atoms with van der Waals surface area (Å²) < 4.78 is 0. The highest BCUT2D eigenvalue weighted by Crippen LogP contribution is 2.33. The molecule has 1 N–H and O–H groups in total. The minimum atomic E-state index is 0.0864. The smallest absolute Gasteiger partial charge is 0.239 e. The molecule has 0 bridgehead atoms. The van der Waals surface area contributed by atoms with Crippen LogP contribution in [0.1, 0.15) is 59.3 Å². The fourth-order valence-corrected chi connectivity index (χ4v) is 3.57. The van der Waals surface area contributed by atoms with Gasteiger partial charge in [-0.15, -0.1) is 0 Å². The lowest BCUT2D eigenvalue weighted by Crippen LogP contribution is -2.55. The van der Waals surface area contributed by atoms with Crippen molar-refractivity contribution >= 4 is 5.91 Å². The quantitative estimate of drug-likeness (QED) is 0.848. The SMILES string of the molecule is CCCNC1CCCN(C2CCC(C)C(C)C2)C1=O. The summed E-state index contributed by atoms with van der Waals surface area (Å²) in [6.07, 6.45) is 6.97. The summed E-state index contributed by atoms with van der Waals surface area (Å²) in [4.78, 5) is 14.8. The molecular weight excluding hydrogens is 236 g/mol. The maximum absolute atomic E-state index is 12.6. The summed E-state index contributed by atoms with van der Waals surface area (Å²) in [5.74, 6) is 1.95. The first-order valence-electron chi connectivity index (χ1n) is 8.17. The fourth-order valence-electron chi connectivity index (χ4n) is 3.57. The van der Waals surface area contributed by atoms with Gasteiger partial charge in [0.1, 0.15) is 0 Å². The molecule has 0 aromatic rings. The lowest BCUT2D eigenvalue weighted by molar-refractivity contribution is -0.139. The van der Waals surface area contributed by atoms with Crippen LogP contribution in [0.25, 0.3) is 0 Å². The molecular formula is C16H30N2O. The lowest BCUT2D eigenvalue weighted by atomic mass is 9.78. The molecule has 19 heavy (non-hydrogen) atoms. The van der Waals surface area contributed by atoms with Gasteiger partial charge in [0.05, 0.1) is 6.04 Å². The number of nitrogens with zero attached hydrogens (tertiary/aromatic N) is 1. The third-order valence-corrected chi connectivity index (χ3v) is 5.12. The molecule has 4 atom stereocenters. The van der Waals surface area contributed by atoms with Crippen LogP contribution in [0.4, 0.5) is 0 Å². The molecule has 1 saturated carbocycles. The molecule has 1 aliphatic carbocycles. The van der Waals surface area contributed by atoms with Crippen LogP contribution in [0.5, 0.6) is 0 Å². The zero-order valence-corrected chi connectivity index (χ0v) is 12.8. The van der Waals surface area contributed by atoms with E-state index in [1.807, 2.05) is 0 Å². The minimum absolute atomic E-state index is 0.0864. The van der Waals surface area contributed by atoms with Gasteiger partial charge in [0.2, 0.25) is 5.91 Å². The van der Waals surface area contributed by atoms with Gasteiger partial charge in [-0.05, 0) is 56.9 Å². The van der Waals surface area contributed by atoms with E-state index in [9.17, 15) is 4.79 Å². The number of carbonyl (C=O) groups excluding carboxylic acids is 1. The van der Waals surface area contributed by atoms with Gasteiger partial charge in [0.25, 0.3) is 0 Å². The molecule has 3 heteroatoms. The Morgan fingerprint density at radius 2 is 2.00 bits per heavy atom. The molecule has 0 radical (unpaired) electrons. The third kappa shape index (κ3) is 3.50. The standard InChI is InChI=1S/C16H30N2O/c1-4-9-17-15-6-5-10-18(16(15)19)14-8-7-12(2)13(3)11-14/h12-15,17H,4-11H2,1-3H3. The van der Waals surface area contributed by atoms with E-state index in [1.54, 1.807) is 0 Å². The van der Waals surface area contributed by atoms with E-state index in [1.165, 1.54) is 19.3 Å². The zero-order valence-electron chi connectivity index (χ0n) is 12.8. The first-order valence-corrected chi connectivity index (χ1v) is 8.17. The molecule has 0 spiro atoms. The van der Waals surface area contributed by atoms with Crippen molar-refractivity contribution < 1.29 is 4.79 Å². The molecule has 0 aromatic heterocycles. The van der Waals surface area contributed by atoms with Crippen molar-refractivity contribution in [1.82, 2.24) is 10.2 Å². The van der Waals surface area contributed by atoms with Gasteiger partial charge in [-0.3, -0.25) is 4.79 Å². The highest BCUT2D eigenvalue weighted by Gasteiger charge is 2.35. The van der Waals surface area contributed by atoms with Crippen molar-refractivity contribution in [3.05, 3.63) is 0 Å². The van der Waals surface area contributed by atoms with Crippen LogP contribution < -0.4 is 5.32 Å². The second-order valence-corrected chi connectivity index (χ2v) is 6.60. The summed E-state index contributed by atoms with van der Waals surface area (Å²) in [5, 5.41) is 3.42. The van der Waals surface area contributed by atoms with Gasteiger partial charge in [-0.1, -0.05) is 20.8 Å². The van der Waals surface area contributed by atoms with Gasteiger partial charge in [-0.2, -0.15) is 0 Å². The van der Waals surface area contributed by atoms with Crippen molar-refractivity contribution in [2.45, 2.75) is 71.4 Å². The second-order valence-electron chi connectivity index (χ2n) is 6.60. The van der Waals surface area contributed by atoms with E-state index in [-0.39, 0.29) is 6.04 Å². The van der Waals surface area contributed by atoms with Crippen LogP contribution in [-0.2, 0) is 4.79 Å². The Bertz CT molecular complexity index is 305. The molecule has 1 aliphatic heterocycles. The zero-order chi connectivity index (χ0) is 13.8. The number of amides is 1. The van der Waals surface area contributed by atoms with Crippen LogP contribution in [0, 0.1) is 11.8 Å². The highest BCUT2D eigenvalue weighted by molar-refractivity contribution is 5.83. The molecule has 2 fully saturated rings. The summed E-state index contributed by atoms with van der Waals surface area (Å²) in [5.41, 5.74) is 0. The monoisotopic (exact) mass is 266 g/mol. The number of hydrogen-bond acceptors (Lipinski definition) is 2. The van der Waals surface area contributed by atoms with E-state index in [0.29, 0.717) is 11.9 Å². The number of nitrogens with one attached hydrogen (secondary N) is 1. The minimum Gasteiger partial charge on any atom is -0.338 e. The van der Waals surface area contributed by atoms with Crippen LogP contribution in [0.15, 0.2) is 0 Å². The molecule has 3 nitrogen and oxygen atoms in total. The van der Waals surface area contributed by atoms with E-state index in [4.69, 9.17) is 0 Å². The Morgan fingerprint density at radius 1 is 1.21 bits per heavy atom. The number of rotatable bonds is 4. The summed E-state index contributed by atoms with van der Waals surface area (Å²) >= 11 is 0. The summed E-state index contributed by atoms with van der Waals surface area (Å²) in [7, 11) is 0. The van der Waals surface area contributed by atoms with E-state index < -0.39 is 0 Å². The topological polar surface area (TPSA) is 32.3 Å². The van der Waals surface area contributed by atoms with Gasteiger partial charge in [0.15, 0.2) is 0 Å². The third-order valence-electron chi connectivity index (χ3n) is 5.12. The van der Waals surface area contributed by atoms with E-state index >= 15 is 0 Å². The van der Waals surface area contributed by atoms with Gasteiger partial charge < -0.3 is 10.2 Å². The maximum atomic E-state index is 12.6. The normalized spacial score (nSPS) is 36.6. The Hall–Kier alpha value is -0.570. The molecule has 4 unspecified atom stereocenters. The highest BCUT2D eigenvalue weighted by atomic mass is 16.2. The molecule has 1 heterocycles.